The largest absolute Gasteiger partial charge is 0.455 e. The summed E-state index contributed by atoms with van der Waals surface area (Å²) in [6, 6.07) is 6.85. The number of esters is 1. The van der Waals surface area contributed by atoms with E-state index in [0.717, 1.165) is 19.3 Å². The molecule has 2 amide bonds. The van der Waals surface area contributed by atoms with Gasteiger partial charge in [-0.25, -0.2) is 0 Å². The van der Waals surface area contributed by atoms with Crippen molar-refractivity contribution in [2.45, 2.75) is 58.9 Å². The van der Waals surface area contributed by atoms with Crippen molar-refractivity contribution in [3.63, 3.8) is 0 Å². The predicted molar refractivity (Wildman–Crippen MR) is 117 cm³/mol. The number of hydrogen-bond acceptors (Lipinski definition) is 4. The van der Waals surface area contributed by atoms with Crippen LogP contribution in [0.2, 0.25) is 5.02 Å². The van der Waals surface area contributed by atoms with Crippen molar-refractivity contribution in [3.8, 4) is 0 Å². The van der Waals surface area contributed by atoms with Crippen LogP contribution in [0.15, 0.2) is 24.3 Å². The number of piperidine rings is 1. The summed E-state index contributed by atoms with van der Waals surface area (Å²) in [5, 5.41) is 3.46. The number of nitrogens with one attached hydrogen (secondary N) is 1. The molecule has 1 unspecified atom stereocenters. The van der Waals surface area contributed by atoms with E-state index < -0.39 is 0 Å². The highest BCUT2D eigenvalue weighted by Gasteiger charge is 2.29. The fourth-order valence-electron chi connectivity index (χ4n) is 3.57. The number of nitrogens with zero attached hydrogens (tertiary/aromatic N) is 1. The summed E-state index contributed by atoms with van der Waals surface area (Å²) < 4.78 is 5.21. The highest BCUT2D eigenvalue weighted by Crippen LogP contribution is 2.21. The first kappa shape index (κ1) is 24.2. The van der Waals surface area contributed by atoms with E-state index in [0.29, 0.717) is 42.4 Å². The zero-order valence-electron chi connectivity index (χ0n) is 18.2. The van der Waals surface area contributed by atoms with E-state index in [1.165, 1.54) is 0 Å². The third kappa shape index (κ3) is 7.98. The lowest BCUT2D eigenvalue weighted by Gasteiger charge is -2.31. The fraction of sp³-hybridized carbons (Fsp3) is 0.609. The van der Waals surface area contributed by atoms with Gasteiger partial charge in [-0.2, -0.15) is 0 Å². The van der Waals surface area contributed by atoms with Crippen LogP contribution in [0.25, 0.3) is 0 Å². The molecular weight excluding hydrogens is 404 g/mol. The summed E-state index contributed by atoms with van der Waals surface area (Å²) in [4.78, 5) is 38.6. The Hall–Kier alpha value is -2.08. The van der Waals surface area contributed by atoms with Gasteiger partial charge in [0, 0.05) is 29.7 Å². The van der Waals surface area contributed by atoms with Crippen molar-refractivity contribution in [1.29, 1.82) is 0 Å². The first-order valence-corrected chi connectivity index (χ1v) is 11.1. The molecule has 0 spiro atoms. The number of carbonyl (C=O) groups excluding carboxylic acids is 3. The Labute approximate surface area is 184 Å². The maximum Gasteiger partial charge on any atom is 0.309 e. The van der Waals surface area contributed by atoms with Gasteiger partial charge in [0.05, 0.1) is 5.92 Å². The third-order valence-electron chi connectivity index (χ3n) is 5.38. The number of amides is 2. The number of halogens is 1. The standard InChI is InChI=1S/C23H33ClN2O4/c1-16(2)5-4-6-17(3)25-21(27)15-30-23(29)19-11-13-26(14-12-19)22(28)18-7-9-20(24)10-8-18/h7-10,16-17,19H,4-6,11-15H2,1-3H3,(H,25,27). The molecule has 1 aliphatic rings. The highest BCUT2D eigenvalue weighted by atomic mass is 35.5. The average Bonchev–Trinajstić information content (AvgIpc) is 2.72. The summed E-state index contributed by atoms with van der Waals surface area (Å²) in [5.74, 6) is -0.325. The molecule has 166 valence electrons. The van der Waals surface area contributed by atoms with Crippen LogP contribution in [0.3, 0.4) is 0 Å². The van der Waals surface area contributed by atoms with Crippen molar-refractivity contribution in [2.24, 2.45) is 11.8 Å². The van der Waals surface area contributed by atoms with E-state index >= 15 is 0 Å². The summed E-state index contributed by atoms with van der Waals surface area (Å²) >= 11 is 5.86. The van der Waals surface area contributed by atoms with Gasteiger partial charge in [-0.05, 0) is 56.4 Å². The summed E-state index contributed by atoms with van der Waals surface area (Å²) in [5.41, 5.74) is 0.583. The Kier molecular flexibility index (Phi) is 9.63. The van der Waals surface area contributed by atoms with Crippen molar-refractivity contribution in [1.82, 2.24) is 10.2 Å². The quantitative estimate of drug-likeness (QED) is 0.592. The van der Waals surface area contributed by atoms with Crippen LogP contribution in [0.1, 0.15) is 63.2 Å². The molecule has 0 aromatic heterocycles. The second kappa shape index (κ2) is 11.9. The number of benzene rings is 1. The number of carbonyl (C=O) groups is 3. The van der Waals surface area contributed by atoms with Crippen LogP contribution in [0.4, 0.5) is 0 Å². The molecule has 1 aromatic carbocycles. The lowest BCUT2D eigenvalue weighted by atomic mass is 9.96. The molecule has 6 nitrogen and oxygen atoms in total. The fourth-order valence-corrected chi connectivity index (χ4v) is 3.69. The van der Waals surface area contributed by atoms with Gasteiger partial charge >= 0.3 is 5.97 Å². The minimum Gasteiger partial charge on any atom is -0.455 e. The minimum atomic E-state index is -0.365. The summed E-state index contributed by atoms with van der Waals surface area (Å²) in [6.45, 7) is 7.05. The average molecular weight is 437 g/mol. The van der Waals surface area contributed by atoms with Gasteiger partial charge in [0.2, 0.25) is 0 Å². The van der Waals surface area contributed by atoms with Crippen LogP contribution in [0, 0.1) is 11.8 Å². The lowest BCUT2D eigenvalue weighted by molar-refractivity contribution is -0.154. The molecule has 1 saturated heterocycles. The molecule has 0 aliphatic carbocycles. The zero-order chi connectivity index (χ0) is 22.1. The molecule has 1 aliphatic heterocycles. The number of rotatable bonds is 9. The molecule has 1 fully saturated rings. The van der Waals surface area contributed by atoms with Crippen LogP contribution < -0.4 is 5.32 Å². The van der Waals surface area contributed by atoms with Gasteiger partial charge < -0.3 is 15.0 Å². The molecule has 0 radical (unpaired) electrons. The molecule has 1 heterocycles. The summed E-state index contributed by atoms with van der Waals surface area (Å²) in [7, 11) is 0. The second-order valence-corrected chi connectivity index (χ2v) is 8.91. The summed E-state index contributed by atoms with van der Waals surface area (Å²) in [6.07, 6.45) is 4.18. The Morgan fingerprint density at radius 1 is 1.10 bits per heavy atom. The van der Waals surface area contributed by atoms with E-state index in [2.05, 4.69) is 19.2 Å². The van der Waals surface area contributed by atoms with E-state index in [1.807, 2.05) is 6.92 Å². The Bertz CT molecular complexity index is 712. The van der Waals surface area contributed by atoms with E-state index in [-0.39, 0.29) is 36.4 Å². The van der Waals surface area contributed by atoms with Crippen LogP contribution in [-0.2, 0) is 14.3 Å². The van der Waals surface area contributed by atoms with Crippen LogP contribution in [0.5, 0.6) is 0 Å². The Morgan fingerprint density at radius 3 is 2.33 bits per heavy atom. The van der Waals surface area contributed by atoms with Gasteiger partial charge in [0.1, 0.15) is 0 Å². The number of ether oxygens (including phenoxy) is 1. The van der Waals surface area contributed by atoms with Crippen LogP contribution >= 0.6 is 11.6 Å². The SMILES string of the molecule is CC(C)CCCC(C)NC(=O)COC(=O)C1CCN(C(=O)c2ccc(Cl)cc2)CC1. The first-order valence-electron chi connectivity index (χ1n) is 10.8. The second-order valence-electron chi connectivity index (χ2n) is 8.47. The number of likely N-dealkylation sites (tertiary alicyclic amines) is 1. The monoisotopic (exact) mass is 436 g/mol. The van der Waals surface area contributed by atoms with Gasteiger partial charge in [0.15, 0.2) is 6.61 Å². The van der Waals surface area contributed by atoms with Crippen molar-refractivity contribution in [2.75, 3.05) is 19.7 Å². The predicted octanol–water partition coefficient (Wildman–Crippen LogP) is 4.07. The first-order chi connectivity index (χ1) is 14.3. The van der Waals surface area contributed by atoms with Crippen molar-refractivity contribution in [3.05, 3.63) is 34.9 Å². The molecular formula is C23H33ClN2O4. The van der Waals surface area contributed by atoms with Gasteiger partial charge in [-0.3, -0.25) is 14.4 Å². The Morgan fingerprint density at radius 2 is 1.73 bits per heavy atom. The molecule has 0 saturated carbocycles. The number of hydrogen-bond donors (Lipinski definition) is 1. The van der Waals surface area contributed by atoms with Crippen molar-refractivity contribution < 1.29 is 19.1 Å². The Balaban J connectivity index is 1.68. The van der Waals surface area contributed by atoms with Gasteiger partial charge in [0.25, 0.3) is 11.8 Å². The van der Waals surface area contributed by atoms with E-state index in [9.17, 15) is 14.4 Å². The maximum atomic E-state index is 12.5. The van der Waals surface area contributed by atoms with Gasteiger partial charge in [-0.1, -0.05) is 38.3 Å². The molecule has 7 heteroatoms. The maximum absolute atomic E-state index is 12.5. The molecule has 1 aromatic rings. The molecule has 1 N–H and O–H groups in total. The zero-order valence-corrected chi connectivity index (χ0v) is 18.9. The topological polar surface area (TPSA) is 75.7 Å². The van der Waals surface area contributed by atoms with Crippen LogP contribution in [-0.4, -0.2) is 48.4 Å². The third-order valence-corrected chi connectivity index (χ3v) is 5.63. The van der Waals surface area contributed by atoms with Gasteiger partial charge in [-0.15, -0.1) is 0 Å². The molecule has 1 atom stereocenters. The molecule has 30 heavy (non-hydrogen) atoms. The van der Waals surface area contributed by atoms with E-state index in [4.69, 9.17) is 16.3 Å². The normalized spacial score (nSPS) is 15.7. The smallest absolute Gasteiger partial charge is 0.309 e. The minimum absolute atomic E-state index is 0.0654. The molecule has 0 bridgehead atoms. The highest BCUT2D eigenvalue weighted by molar-refractivity contribution is 6.30. The lowest BCUT2D eigenvalue weighted by Crippen LogP contribution is -2.41. The molecule has 2 rings (SSSR count). The van der Waals surface area contributed by atoms with E-state index in [1.54, 1.807) is 29.2 Å². The van der Waals surface area contributed by atoms with Crippen molar-refractivity contribution >= 4 is 29.4 Å².